The van der Waals surface area contributed by atoms with Crippen molar-refractivity contribution in [2.75, 3.05) is 31.1 Å². The number of rotatable bonds is 2. The number of nitrogens with two attached hydrogens (primary N) is 1. The zero-order valence-electron chi connectivity index (χ0n) is 14.0. The van der Waals surface area contributed by atoms with Crippen LogP contribution in [0.2, 0.25) is 0 Å². The van der Waals surface area contributed by atoms with E-state index >= 15 is 0 Å². The van der Waals surface area contributed by atoms with Crippen molar-refractivity contribution in [3.63, 3.8) is 0 Å². The predicted octanol–water partition coefficient (Wildman–Crippen LogP) is 3.12. The van der Waals surface area contributed by atoms with E-state index in [0.717, 1.165) is 44.2 Å². The number of nitrogens with zero attached hydrogens (tertiary/aromatic N) is 2. The number of anilines is 1. The Kier molecular flexibility index (Phi) is 7.90. The smallest absolute Gasteiger partial charge is 0.242 e. The Morgan fingerprint density at radius 3 is 2.20 bits per heavy atom. The fraction of sp³-hybridized carbons (Fsp3) is 0.588. The molecule has 0 unspecified atom stereocenters. The average Bonchev–Trinajstić information content (AvgIpc) is 2.57. The Bertz CT molecular complexity index is 589. The van der Waals surface area contributed by atoms with Gasteiger partial charge in [0.2, 0.25) is 5.91 Å². The maximum absolute atomic E-state index is 13.9. The van der Waals surface area contributed by atoms with Gasteiger partial charge in [-0.1, -0.05) is 19.3 Å². The Morgan fingerprint density at radius 1 is 1.00 bits per heavy atom. The Balaban J connectivity index is 0.00000156. The Hall–Kier alpha value is -1.11. The average molecular weight is 396 g/mol. The molecule has 8 heteroatoms. The van der Waals surface area contributed by atoms with Gasteiger partial charge >= 0.3 is 0 Å². The topological polar surface area (TPSA) is 49.6 Å². The molecule has 0 spiro atoms. The van der Waals surface area contributed by atoms with Gasteiger partial charge in [-0.2, -0.15) is 0 Å². The largest absolute Gasteiger partial charge is 0.366 e. The standard InChI is InChI=1S/C17H23F2N3O.2ClH/c18-13-4-5-14(19)15(12-13)21-8-10-22(11-9-21)16(23)17(20)6-2-1-3-7-17;;/h4-5,12H,1-3,6-11,20H2;2*1H. The van der Waals surface area contributed by atoms with Crippen LogP contribution in [0, 0.1) is 11.6 Å². The molecule has 0 aromatic heterocycles. The van der Waals surface area contributed by atoms with Crippen LogP contribution in [0.4, 0.5) is 14.5 Å². The molecule has 1 aromatic carbocycles. The summed E-state index contributed by atoms with van der Waals surface area (Å²) in [4.78, 5) is 16.2. The van der Waals surface area contributed by atoms with Gasteiger partial charge in [-0.25, -0.2) is 8.78 Å². The second-order valence-corrected chi connectivity index (χ2v) is 6.59. The summed E-state index contributed by atoms with van der Waals surface area (Å²) in [6.07, 6.45) is 4.61. The van der Waals surface area contributed by atoms with Crippen LogP contribution in [0.25, 0.3) is 0 Å². The minimum Gasteiger partial charge on any atom is -0.366 e. The lowest BCUT2D eigenvalue weighted by Gasteiger charge is -2.41. The van der Waals surface area contributed by atoms with Crippen LogP contribution in [-0.4, -0.2) is 42.5 Å². The molecule has 25 heavy (non-hydrogen) atoms. The zero-order chi connectivity index (χ0) is 16.4. The number of hydrogen-bond acceptors (Lipinski definition) is 3. The molecule has 2 fully saturated rings. The lowest BCUT2D eigenvalue weighted by atomic mass is 9.81. The quantitative estimate of drug-likeness (QED) is 0.836. The molecule has 3 rings (SSSR count). The summed E-state index contributed by atoms with van der Waals surface area (Å²) in [5, 5.41) is 0. The van der Waals surface area contributed by atoms with Crippen LogP contribution in [0.3, 0.4) is 0 Å². The normalized spacial score (nSPS) is 19.6. The summed E-state index contributed by atoms with van der Waals surface area (Å²) in [5.74, 6) is -0.881. The summed E-state index contributed by atoms with van der Waals surface area (Å²) >= 11 is 0. The molecular formula is C17H25Cl2F2N3O. The molecular weight excluding hydrogens is 371 g/mol. The van der Waals surface area contributed by atoms with Crippen molar-refractivity contribution in [1.82, 2.24) is 4.90 Å². The molecule has 1 heterocycles. The first-order chi connectivity index (χ1) is 11.0. The maximum atomic E-state index is 13.9. The monoisotopic (exact) mass is 395 g/mol. The van der Waals surface area contributed by atoms with Gasteiger partial charge in [-0.05, 0) is 25.0 Å². The minimum atomic E-state index is -0.732. The van der Waals surface area contributed by atoms with Gasteiger partial charge in [-0.3, -0.25) is 4.79 Å². The molecule has 1 amide bonds. The van der Waals surface area contributed by atoms with E-state index in [-0.39, 0.29) is 36.4 Å². The lowest BCUT2D eigenvalue weighted by Crippen LogP contribution is -2.60. The molecule has 1 saturated carbocycles. The highest BCUT2D eigenvalue weighted by atomic mass is 35.5. The molecule has 0 bridgehead atoms. The number of halogens is 4. The minimum absolute atomic E-state index is 0. The van der Waals surface area contributed by atoms with Crippen molar-refractivity contribution in [2.24, 2.45) is 5.73 Å². The summed E-state index contributed by atoms with van der Waals surface area (Å²) in [6, 6.07) is 3.46. The Morgan fingerprint density at radius 2 is 1.60 bits per heavy atom. The van der Waals surface area contributed by atoms with E-state index in [0.29, 0.717) is 26.2 Å². The van der Waals surface area contributed by atoms with Crippen LogP contribution in [-0.2, 0) is 4.79 Å². The Labute approximate surface area is 159 Å². The van der Waals surface area contributed by atoms with Crippen molar-refractivity contribution >= 4 is 36.4 Å². The summed E-state index contributed by atoms with van der Waals surface area (Å²) in [6.45, 7) is 1.96. The van der Waals surface area contributed by atoms with Gasteiger partial charge in [0.1, 0.15) is 11.6 Å². The zero-order valence-corrected chi connectivity index (χ0v) is 15.7. The molecule has 1 saturated heterocycles. The number of piperazine rings is 1. The van der Waals surface area contributed by atoms with Gasteiger partial charge < -0.3 is 15.5 Å². The van der Waals surface area contributed by atoms with Crippen LogP contribution in [0.1, 0.15) is 32.1 Å². The van der Waals surface area contributed by atoms with E-state index in [1.807, 2.05) is 0 Å². The number of amides is 1. The molecule has 2 aliphatic rings. The van der Waals surface area contributed by atoms with Crippen molar-refractivity contribution in [1.29, 1.82) is 0 Å². The molecule has 1 aromatic rings. The van der Waals surface area contributed by atoms with Crippen molar-refractivity contribution in [3.05, 3.63) is 29.8 Å². The van der Waals surface area contributed by atoms with Crippen LogP contribution >= 0.6 is 24.8 Å². The molecule has 2 N–H and O–H groups in total. The first-order valence-corrected chi connectivity index (χ1v) is 8.28. The van der Waals surface area contributed by atoms with Gasteiger partial charge in [0.15, 0.2) is 0 Å². The first kappa shape index (κ1) is 21.9. The highest BCUT2D eigenvalue weighted by molar-refractivity contribution is 5.86. The van der Waals surface area contributed by atoms with E-state index in [9.17, 15) is 13.6 Å². The van der Waals surface area contributed by atoms with E-state index in [2.05, 4.69) is 0 Å². The third-order valence-corrected chi connectivity index (χ3v) is 4.99. The fourth-order valence-electron chi connectivity index (χ4n) is 3.59. The van der Waals surface area contributed by atoms with E-state index < -0.39 is 17.2 Å². The van der Waals surface area contributed by atoms with Crippen molar-refractivity contribution in [3.8, 4) is 0 Å². The molecule has 1 aliphatic carbocycles. The third kappa shape index (κ3) is 4.74. The van der Waals surface area contributed by atoms with E-state index in [1.165, 1.54) is 6.07 Å². The second-order valence-electron chi connectivity index (χ2n) is 6.59. The van der Waals surface area contributed by atoms with Gasteiger partial charge in [0.25, 0.3) is 0 Å². The lowest BCUT2D eigenvalue weighted by molar-refractivity contribution is -0.138. The van der Waals surface area contributed by atoms with Gasteiger partial charge in [0, 0.05) is 32.2 Å². The fourth-order valence-corrected chi connectivity index (χ4v) is 3.59. The molecule has 0 atom stereocenters. The molecule has 1 aliphatic heterocycles. The third-order valence-electron chi connectivity index (χ3n) is 4.99. The predicted molar refractivity (Wildman–Crippen MR) is 99.7 cm³/mol. The second kappa shape index (κ2) is 9.01. The van der Waals surface area contributed by atoms with Crippen LogP contribution < -0.4 is 10.6 Å². The molecule has 142 valence electrons. The van der Waals surface area contributed by atoms with Crippen LogP contribution in [0.15, 0.2) is 18.2 Å². The van der Waals surface area contributed by atoms with Crippen molar-refractivity contribution in [2.45, 2.75) is 37.6 Å². The summed E-state index contributed by atoms with van der Waals surface area (Å²) in [7, 11) is 0. The van der Waals surface area contributed by atoms with E-state index in [4.69, 9.17) is 5.73 Å². The van der Waals surface area contributed by atoms with E-state index in [1.54, 1.807) is 9.80 Å². The van der Waals surface area contributed by atoms with Gasteiger partial charge in [0.05, 0.1) is 11.2 Å². The maximum Gasteiger partial charge on any atom is 0.242 e. The first-order valence-electron chi connectivity index (χ1n) is 8.28. The molecule has 4 nitrogen and oxygen atoms in total. The number of carbonyl (C=O) groups is 1. The van der Waals surface area contributed by atoms with Crippen LogP contribution in [0.5, 0.6) is 0 Å². The van der Waals surface area contributed by atoms with Gasteiger partial charge in [-0.15, -0.1) is 24.8 Å². The number of benzene rings is 1. The number of carbonyl (C=O) groups excluding carboxylic acids is 1. The van der Waals surface area contributed by atoms with Crippen molar-refractivity contribution < 1.29 is 13.6 Å². The summed E-state index contributed by atoms with van der Waals surface area (Å²) in [5.41, 5.74) is 5.84. The molecule has 0 radical (unpaired) electrons. The number of hydrogen-bond donors (Lipinski definition) is 1. The highest BCUT2D eigenvalue weighted by Gasteiger charge is 2.39. The highest BCUT2D eigenvalue weighted by Crippen LogP contribution is 2.29. The summed E-state index contributed by atoms with van der Waals surface area (Å²) < 4.78 is 27.2. The SMILES string of the molecule is Cl.Cl.NC1(C(=O)N2CCN(c3cc(F)ccc3F)CC2)CCCCC1.